The number of likely N-dealkylation sites (tertiary alicyclic amines) is 1. The summed E-state index contributed by atoms with van der Waals surface area (Å²) in [7, 11) is 0. The quantitative estimate of drug-likeness (QED) is 0.830. The van der Waals surface area contributed by atoms with Crippen molar-refractivity contribution in [1.82, 2.24) is 14.8 Å². The summed E-state index contributed by atoms with van der Waals surface area (Å²) in [5, 5.41) is 3.52. The summed E-state index contributed by atoms with van der Waals surface area (Å²) in [4.78, 5) is 27.6. The van der Waals surface area contributed by atoms with E-state index in [-0.39, 0.29) is 23.2 Å². The van der Waals surface area contributed by atoms with Crippen LogP contribution in [0.2, 0.25) is 0 Å². The fourth-order valence-corrected chi connectivity index (χ4v) is 7.67. The fourth-order valence-electron chi connectivity index (χ4n) is 7.67. The first-order valence-corrected chi connectivity index (χ1v) is 10.8. The maximum absolute atomic E-state index is 13.2. The average Bonchev–Trinajstić information content (AvgIpc) is 2.59. The molecule has 1 aromatic rings. The number of aromatic nitrogens is 1. The van der Waals surface area contributed by atoms with Gasteiger partial charge in [-0.3, -0.25) is 4.79 Å². The van der Waals surface area contributed by atoms with Gasteiger partial charge >= 0.3 is 6.03 Å². The maximum atomic E-state index is 13.2. The number of hydrogen-bond acceptors (Lipinski definition) is 2. The third-order valence-corrected chi connectivity index (χ3v) is 8.15. The number of nitrogens with one attached hydrogen (secondary N) is 1. The highest BCUT2D eigenvalue weighted by atomic mass is 16.2. The second-order valence-electron chi connectivity index (χ2n) is 10.2. The van der Waals surface area contributed by atoms with Gasteiger partial charge in [0.25, 0.3) is 5.56 Å². The summed E-state index contributed by atoms with van der Waals surface area (Å²) in [6.45, 7) is 1.50. The van der Waals surface area contributed by atoms with Crippen LogP contribution in [0.3, 0.4) is 0 Å². The van der Waals surface area contributed by atoms with Crippen LogP contribution in [0, 0.1) is 23.7 Å². The first-order valence-electron chi connectivity index (χ1n) is 10.8. The second-order valence-corrected chi connectivity index (χ2v) is 10.2. The molecule has 2 atom stereocenters. The summed E-state index contributed by atoms with van der Waals surface area (Å²) < 4.78 is 1.95. The summed E-state index contributed by atoms with van der Waals surface area (Å²) in [5.74, 6) is 2.99. The number of nitrogens with zero attached hydrogens (tertiary/aromatic N) is 2. The van der Waals surface area contributed by atoms with Gasteiger partial charge in [-0.25, -0.2) is 4.79 Å². The number of rotatable bonds is 1. The van der Waals surface area contributed by atoms with E-state index in [1.54, 1.807) is 6.07 Å². The Balaban J connectivity index is 1.22. The Hall–Kier alpha value is -1.78. The number of pyridine rings is 1. The third-order valence-electron chi connectivity index (χ3n) is 8.15. The van der Waals surface area contributed by atoms with E-state index in [1.807, 2.05) is 15.5 Å². The second kappa shape index (κ2) is 5.62. The molecule has 3 heterocycles. The molecule has 0 unspecified atom stereocenters. The molecule has 0 radical (unpaired) electrons. The number of carbonyl (C=O) groups excluding carboxylic acids is 1. The molecule has 6 bridgehead atoms. The van der Waals surface area contributed by atoms with E-state index in [9.17, 15) is 9.59 Å². The predicted molar refractivity (Wildman–Crippen MR) is 103 cm³/mol. The summed E-state index contributed by atoms with van der Waals surface area (Å²) in [5.41, 5.74) is 1.29. The molecule has 5 fully saturated rings. The Morgan fingerprint density at radius 1 is 0.963 bits per heavy atom. The van der Waals surface area contributed by atoms with Gasteiger partial charge in [-0.1, -0.05) is 6.07 Å². The lowest BCUT2D eigenvalue weighted by atomic mass is 9.53. The molecule has 27 heavy (non-hydrogen) atoms. The molecular formula is C22H29N3O2. The minimum atomic E-state index is 0.0626. The van der Waals surface area contributed by atoms with Gasteiger partial charge in [0.1, 0.15) is 0 Å². The monoisotopic (exact) mass is 367 g/mol. The summed E-state index contributed by atoms with van der Waals surface area (Å²) >= 11 is 0. The van der Waals surface area contributed by atoms with Crippen LogP contribution in [0.15, 0.2) is 23.0 Å². The smallest absolute Gasteiger partial charge is 0.317 e. The highest BCUT2D eigenvalue weighted by molar-refractivity contribution is 5.75. The van der Waals surface area contributed by atoms with Gasteiger partial charge in [0.15, 0.2) is 0 Å². The number of carbonyl (C=O) groups is 1. The standard InChI is InChI=1S/C22H29N3O2/c26-20-3-1-2-18-7-17-8-19(25(18)20)13-24(12-17)21(27)23-22-9-14-4-15(10-22)6-16(5-14)11-22/h1-3,14-17,19H,4-13H2,(H,23,27)/t14?,15?,16?,17-,19-,22?/m0/s1. The highest BCUT2D eigenvalue weighted by Crippen LogP contribution is 2.55. The molecule has 4 saturated carbocycles. The molecule has 0 spiro atoms. The molecule has 6 aliphatic rings. The van der Waals surface area contributed by atoms with Crippen molar-refractivity contribution in [1.29, 1.82) is 0 Å². The number of fused-ring (bicyclic) bond motifs is 4. The van der Waals surface area contributed by atoms with Crippen LogP contribution >= 0.6 is 0 Å². The molecule has 0 aromatic carbocycles. The van der Waals surface area contributed by atoms with Crippen LogP contribution < -0.4 is 10.9 Å². The molecule has 2 aliphatic heterocycles. The van der Waals surface area contributed by atoms with Gasteiger partial charge < -0.3 is 14.8 Å². The topological polar surface area (TPSA) is 54.3 Å². The lowest BCUT2D eigenvalue weighted by molar-refractivity contribution is -0.0171. The van der Waals surface area contributed by atoms with E-state index in [0.29, 0.717) is 12.5 Å². The normalized spacial score (nSPS) is 41.3. The van der Waals surface area contributed by atoms with Crippen molar-refractivity contribution >= 4 is 6.03 Å². The van der Waals surface area contributed by atoms with Crippen molar-refractivity contribution in [3.05, 3.63) is 34.2 Å². The van der Waals surface area contributed by atoms with Crippen LogP contribution in [-0.4, -0.2) is 34.1 Å². The van der Waals surface area contributed by atoms with Crippen molar-refractivity contribution < 1.29 is 4.79 Å². The van der Waals surface area contributed by atoms with Crippen LogP contribution in [0.1, 0.15) is 56.7 Å². The van der Waals surface area contributed by atoms with Gasteiger partial charge in [-0.2, -0.15) is 0 Å². The van der Waals surface area contributed by atoms with E-state index in [0.717, 1.165) is 42.8 Å². The number of piperidine rings is 1. The molecule has 144 valence electrons. The Morgan fingerprint density at radius 2 is 1.67 bits per heavy atom. The number of hydrogen-bond donors (Lipinski definition) is 1. The average molecular weight is 367 g/mol. The lowest BCUT2D eigenvalue weighted by Gasteiger charge is -2.57. The number of urea groups is 1. The third kappa shape index (κ3) is 2.57. The van der Waals surface area contributed by atoms with Crippen LogP contribution in [-0.2, 0) is 6.42 Å². The zero-order chi connectivity index (χ0) is 18.2. The van der Waals surface area contributed by atoms with Crippen molar-refractivity contribution in [2.75, 3.05) is 13.1 Å². The van der Waals surface area contributed by atoms with E-state index in [1.165, 1.54) is 38.5 Å². The SMILES string of the molecule is O=C(NC12CC3CC(CC(C3)C1)C2)N1C[C@H]2Cc3cccc(=O)n3[C@@H](C2)C1. The van der Waals surface area contributed by atoms with Crippen LogP contribution in [0.25, 0.3) is 0 Å². The Kier molecular flexibility index (Phi) is 3.37. The van der Waals surface area contributed by atoms with Gasteiger partial charge in [0, 0.05) is 30.4 Å². The van der Waals surface area contributed by atoms with E-state index in [2.05, 4.69) is 11.4 Å². The molecule has 4 aliphatic carbocycles. The largest absolute Gasteiger partial charge is 0.333 e. The molecule has 5 nitrogen and oxygen atoms in total. The van der Waals surface area contributed by atoms with Crippen molar-refractivity contribution in [3.8, 4) is 0 Å². The molecule has 2 amide bonds. The van der Waals surface area contributed by atoms with Crippen molar-refractivity contribution in [2.45, 2.75) is 62.9 Å². The van der Waals surface area contributed by atoms with Crippen LogP contribution in [0.4, 0.5) is 4.79 Å². The Bertz CT molecular complexity index is 809. The van der Waals surface area contributed by atoms with E-state index >= 15 is 0 Å². The zero-order valence-corrected chi connectivity index (χ0v) is 15.9. The van der Waals surface area contributed by atoms with Gasteiger partial charge in [-0.15, -0.1) is 0 Å². The number of amides is 2. The maximum Gasteiger partial charge on any atom is 0.317 e. The van der Waals surface area contributed by atoms with E-state index in [4.69, 9.17) is 0 Å². The molecule has 7 rings (SSSR count). The minimum absolute atomic E-state index is 0.0626. The Labute approximate surface area is 160 Å². The van der Waals surface area contributed by atoms with Gasteiger partial charge in [0.05, 0.1) is 6.04 Å². The molecular weight excluding hydrogens is 338 g/mol. The fraction of sp³-hybridized carbons (Fsp3) is 0.727. The molecule has 5 heteroatoms. The minimum Gasteiger partial charge on any atom is -0.333 e. The van der Waals surface area contributed by atoms with Crippen LogP contribution in [0.5, 0.6) is 0 Å². The molecule has 1 saturated heterocycles. The summed E-state index contributed by atoms with van der Waals surface area (Å²) in [6.07, 6.45) is 9.68. The highest BCUT2D eigenvalue weighted by Gasteiger charge is 2.52. The first kappa shape index (κ1) is 16.2. The van der Waals surface area contributed by atoms with Gasteiger partial charge in [-0.05, 0) is 81.1 Å². The Morgan fingerprint density at radius 3 is 2.37 bits per heavy atom. The van der Waals surface area contributed by atoms with Crippen molar-refractivity contribution in [2.24, 2.45) is 23.7 Å². The zero-order valence-electron chi connectivity index (χ0n) is 15.9. The molecule has 1 aromatic heterocycles. The lowest BCUT2D eigenvalue weighted by Crippen LogP contribution is -2.63. The van der Waals surface area contributed by atoms with Crippen molar-refractivity contribution in [3.63, 3.8) is 0 Å². The predicted octanol–water partition coefficient (Wildman–Crippen LogP) is 2.95. The van der Waals surface area contributed by atoms with Gasteiger partial charge in [0.2, 0.25) is 0 Å². The summed E-state index contributed by atoms with van der Waals surface area (Å²) in [6, 6.07) is 5.86. The first-order chi connectivity index (χ1) is 13.1. The van der Waals surface area contributed by atoms with E-state index < -0.39 is 0 Å². The molecule has 1 N–H and O–H groups in total.